The minimum Gasteiger partial charge on any atom is -0.491 e. The van der Waals surface area contributed by atoms with Gasteiger partial charge in [0.25, 0.3) is 0 Å². The summed E-state index contributed by atoms with van der Waals surface area (Å²) < 4.78 is 10.8. The lowest BCUT2D eigenvalue weighted by molar-refractivity contribution is 0.318. The molecule has 1 heterocycles. The summed E-state index contributed by atoms with van der Waals surface area (Å²) in [7, 11) is 0. The van der Waals surface area contributed by atoms with Crippen LogP contribution in [-0.2, 0) is 6.42 Å². The van der Waals surface area contributed by atoms with Crippen LogP contribution in [0.15, 0.2) is 27.4 Å². The molecule has 2 N–H and O–H groups in total. The Labute approximate surface area is 121 Å². The summed E-state index contributed by atoms with van der Waals surface area (Å²) in [5, 5.41) is 0. The standard InChI is InChI=1S/C13H17N3OS2/c1-3-7-17-11-8-9(5-6-10(11)14)18-13-15-12(4-2)16-19-13/h5-6,8H,3-4,7,14H2,1-2H3. The molecule has 0 saturated heterocycles. The van der Waals surface area contributed by atoms with Crippen LogP contribution >= 0.6 is 23.3 Å². The first-order valence-corrected chi connectivity index (χ1v) is 7.84. The van der Waals surface area contributed by atoms with E-state index >= 15 is 0 Å². The lowest BCUT2D eigenvalue weighted by Gasteiger charge is -2.09. The second-order valence-corrected chi connectivity index (χ2v) is 6.05. The van der Waals surface area contributed by atoms with E-state index in [1.807, 2.05) is 18.2 Å². The summed E-state index contributed by atoms with van der Waals surface area (Å²) in [5.74, 6) is 1.64. The Hall–Kier alpha value is -1.27. The molecule has 0 radical (unpaired) electrons. The lowest BCUT2D eigenvalue weighted by atomic mass is 10.3. The fourth-order valence-corrected chi connectivity index (χ4v) is 3.14. The van der Waals surface area contributed by atoms with Crippen molar-refractivity contribution in [3.05, 3.63) is 24.0 Å². The van der Waals surface area contributed by atoms with E-state index < -0.39 is 0 Å². The Balaban J connectivity index is 2.11. The number of hydrogen-bond acceptors (Lipinski definition) is 6. The van der Waals surface area contributed by atoms with Gasteiger partial charge in [0, 0.05) is 11.3 Å². The largest absolute Gasteiger partial charge is 0.491 e. The van der Waals surface area contributed by atoms with E-state index in [9.17, 15) is 0 Å². The van der Waals surface area contributed by atoms with Crippen molar-refractivity contribution in [2.45, 2.75) is 35.9 Å². The molecule has 6 heteroatoms. The van der Waals surface area contributed by atoms with E-state index in [4.69, 9.17) is 10.5 Å². The third kappa shape index (κ3) is 3.84. The van der Waals surface area contributed by atoms with Gasteiger partial charge in [0.2, 0.25) is 0 Å². The van der Waals surface area contributed by atoms with E-state index in [-0.39, 0.29) is 0 Å². The molecule has 102 valence electrons. The van der Waals surface area contributed by atoms with Crippen LogP contribution in [0.4, 0.5) is 5.69 Å². The zero-order chi connectivity index (χ0) is 13.7. The van der Waals surface area contributed by atoms with Gasteiger partial charge in [-0.15, -0.1) is 0 Å². The van der Waals surface area contributed by atoms with Gasteiger partial charge < -0.3 is 10.5 Å². The molecular formula is C13H17N3OS2. The maximum absolute atomic E-state index is 5.89. The molecule has 0 unspecified atom stereocenters. The Bertz CT molecular complexity index is 542. The average Bonchev–Trinajstić information content (AvgIpc) is 2.87. The molecule has 19 heavy (non-hydrogen) atoms. The summed E-state index contributed by atoms with van der Waals surface area (Å²) >= 11 is 3.02. The third-order valence-electron chi connectivity index (χ3n) is 2.42. The van der Waals surface area contributed by atoms with Gasteiger partial charge in [0.05, 0.1) is 12.3 Å². The molecule has 0 spiro atoms. The minimum absolute atomic E-state index is 0.671. The molecule has 0 amide bonds. The molecule has 0 fully saturated rings. The van der Waals surface area contributed by atoms with Crippen LogP contribution in [-0.4, -0.2) is 16.0 Å². The van der Waals surface area contributed by atoms with Crippen LogP contribution in [0.5, 0.6) is 5.75 Å². The van der Waals surface area contributed by atoms with E-state index in [0.29, 0.717) is 12.3 Å². The molecule has 0 aliphatic carbocycles. The van der Waals surface area contributed by atoms with Crippen molar-refractivity contribution >= 4 is 29.0 Å². The number of nitrogen functional groups attached to an aromatic ring is 1. The zero-order valence-corrected chi connectivity index (χ0v) is 12.7. The van der Waals surface area contributed by atoms with Gasteiger partial charge in [-0.2, -0.15) is 4.37 Å². The Morgan fingerprint density at radius 1 is 1.37 bits per heavy atom. The SMILES string of the molecule is CCCOc1cc(Sc2nc(CC)ns2)ccc1N. The predicted molar refractivity (Wildman–Crippen MR) is 80.1 cm³/mol. The van der Waals surface area contributed by atoms with E-state index in [1.165, 1.54) is 11.5 Å². The molecule has 4 nitrogen and oxygen atoms in total. The fourth-order valence-electron chi connectivity index (χ4n) is 1.44. The highest BCUT2D eigenvalue weighted by molar-refractivity contribution is 8.01. The lowest BCUT2D eigenvalue weighted by Crippen LogP contribution is -1.98. The predicted octanol–water partition coefficient (Wildman–Crippen LogP) is 3.62. The number of anilines is 1. The number of rotatable bonds is 6. The molecule has 0 bridgehead atoms. The van der Waals surface area contributed by atoms with Crippen LogP contribution in [0.1, 0.15) is 26.1 Å². The monoisotopic (exact) mass is 295 g/mol. The van der Waals surface area contributed by atoms with Crippen molar-refractivity contribution in [3.63, 3.8) is 0 Å². The van der Waals surface area contributed by atoms with E-state index in [2.05, 4.69) is 23.2 Å². The number of aryl methyl sites for hydroxylation is 1. The fraction of sp³-hybridized carbons (Fsp3) is 0.385. The van der Waals surface area contributed by atoms with Gasteiger partial charge in [-0.05, 0) is 36.2 Å². The highest BCUT2D eigenvalue weighted by Gasteiger charge is 2.07. The number of ether oxygens (including phenoxy) is 1. The first-order valence-electron chi connectivity index (χ1n) is 6.25. The quantitative estimate of drug-likeness (QED) is 0.825. The van der Waals surface area contributed by atoms with Crippen LogP contribution < -0.4 is 10.5 Å². The summed E-state index contributed by atoms with van der Waals surface area (Å²) in [6, 6.07) is 5.81. The second kappa shape index (κ2) is 6.77. The molecule has 0 aliphatic heterocycles. The number of nitrogens with zero attached hydrogens (tertiary/aromatic N) is 2. The van der Waals surface area contributed by atoms with Crippen molar-refractivity contribution in [1.29, 1.82) is 0 Å². The van der Waals surface area contributed by atoms with Gasteiger partial charge in [-0.3, -0.25) is 0 Å². The molecule has 0 aliphatic rings. The zero-order valence-electron chi connectivity index (χ0n) is 11.0. The van der Waals surface area contributed by atoms with Crippen molar-refractivity contribution in [2.24, 2.45) is 0 Å². The highest BCUT2D eigenvalue weighted by atomic mass is 32.2. The number of benzene rings is 1. The van der Waals surface area contributed by atoms with Crippen LogP contribution in [0.3, 0.4) is 0 Å². The molecule has 2 aromatic rings. The van der Waals surface area contributed by atoms with Crippen LogP contribution in [0, 0.1) is 0 Å². The molecule has 1 aromatic heterocycles. The maximum atomic E-state index is 5.89. The minimum atomic E-state index is 0.671. The Morgan fingerprint density at radius 2 is 2.21 bits per heavy atom. The number of aromatic nitrogens is 2. The Kier molecular flexibility index (Phi) is 5.04. The smallest absolute Gasteiger partial charge is 0.174 e. The van der Waals surface area contributed by atoms with E-state index in [1.54, 1.807) is 11.8 Å². The number of nitrogens with two attached hydrogens (primary N) is 1. The van der Waals surface area contributed by atoms with Gasteiger partial charge in [-0.1, -0.05) is 25.6 Å². The summed E-state index contributed by atoms with van der Waals surface area (Å²) in [6.07, 6.45) is 1.83. The van der Waals surface area contributed by atoms with Crippen molar-refractivity contribution in [3.8, 4) is 5.75 Å². The first-order chi connectivity index (χ1) is 9.22. The molecule has 1 aromatic carbocycles. The molecule has 2 rings (SSSR count). The van der Waals surface area contributed by atoms with Gasteiger partial charge in [0.15, 0.2) is 4.34 Å². The first kappa shape index (κ1) is 14.1. The average molecular weight is 295 g/mol. The van der Waals surface area contributed by atoms with Crippen LogP contribution in [0.2, 0.25) is 0 Å². The van der Waals surface area contributed by atoms with Crippen molar-refractivity contribution < 1.29 is 4.74 Å². The third-order valence-corrected chi connectivity index (χ3v) is 4.20. The maximum Gasteiger partial charge on any atom is 0.174 e. The summed E-state index contributed by atoms with van der Waals surface area (Å²) in [4.78, 5) is 5.51. The molecule has 0 atom stereocenters. The van der Waals surface area contributed by atoms with Gasteiger partial charge in [0.1, 0.15) is 11.6 Å². The van der Waals surface area contributed by atoms with Crippen molar-refractivity contribution in [1.82, 2.24) is 9.36 Å². The van der Waals surface area contributed by atoms with Gasteiger partial charge >= 0.3 is 0 Å². The number of hydrogen-bond donors (Lipinski definition) is 1. The van der Waals surface area contributed by atoms with Crippen LogP contribution in [0.25, 0.3) is 0 Å². The summed E-state index contributed by atoms with van der Waals surface area (Å²) in [5.41, 5.74) is 6.56. The van der Waals surface area contributed by atoms with Crippen molar-refractivity contribution in [2.75, 3.05) is 12.3 Å². The Morgan fingerprint density at radius 3 is 2.89 bits per heavy atom. The topological polar surface area (TPSA) is 61.0 Å². The van der Waals surface area contributed by atoms with Gasteiger partial charge in [-0.25, -0.2) is 4.98 Å². The molecule has 0 saturated carbocycles. The second-order valence-electron chi connectivity index (χ2n) is 3.98. The van der Waals surface area contributed by atoms with E-state index in [0.717, 1.165) is 33.7 Å². The molecular weight excluding hydrogens is 278 g/mol. The highest BCUT2D eigenvalue weighted by Crippen LogP contribution is 2.33. The summed E-state index contributed by atoms with van der Waals surface area (Å²) in [6.45, 7) is 4.80. The normalized spacial score (nSPS) is 10.6.